The van der Waals surface area contributed by atoms with E-state index in [1.807, 2.05) is 42.3 Å². The lowest BCUT2D eigenvalue weighted by molar-refractivity contribution is -0.148. The number of aromatic hydroxyl groups is 1. The number of ketones is 2. The first kappa shape index (κ1) is 29.3. The number of phenols is 1. The van der Waals surface area contributed by atoms with Gasteiger partial charge in [0, 0.05) is 35.7 Å². The molecule has 0 aromatic heterocycles. The van der Waals surface area contributed by atoms with Crippen LogP contribution in [0, 0.1) is 11.8 Å². The van der Waals surface area contributed by atoms with Crippen molar-refractivity contribution in [3.8, 4) is 11.5 Å². The van der Waals surface area contributed by atoms with Crippen molar-refractivity contribution < 1.29 is 39.5 Å². The van der Waals surface area contributed by atoms with Crippen molar-refractivity contribution in [3.63, 3.8) is 0 Å². The van der Waals surface area contributed by atoms with E-state index in [9.17, 15) is 34.8 Å². The summed E-state index contributed by atoms with van der Waals surface area (Å²) >= 11 is 0. The van der Waals surface area contributed by atoms with Gasteiger partial charge in [-0.2, -0.15) is 0 Å². The van der Waals surface area contributed by atoms with Gasteiger partial charge >= 0.3 is 0 Å². The number of benzene rings is 2. The Balaban J connectivity index is 1.59. The van der Waals surface area contributed by atoms with Gasteiger partial charge in [0.05, 0.1) is 18.7 Å². The minimum absolute atomic E-state index is 0.00775. The van der Waals surface area contributed by atoms with Crippen molar-refractivity contribution in [2.24, 2.45) is 17.6 Å². The van der Waals surface area contributed by atoms with Crippen LogP contribution < -0.4 is 10.5 Å². The molecule has 4 atom stereocenters. The highest BCUT2D eigenvalue weighted by molar-refractivity contribution is 6.24. The first-order valence-corrected chi connectivity index (χ1v) is 13.6. The van der Waals surface area contributed by atoms with Gasteiger partial charge in [0.15, 0.2) is 11.4 Å². The van der Waals surface area contributed by atoms with Crippen LogP contribution in [0.3, 0.4) is 0 Å². The topological polar surface area (TPSA) is 174 Å². The summed E-state index contributed by atoms with van der Waals surface area (Å²) in [6.45, 7) is 1.04. The summed E-state index contributed by atoms with van der Waals surface area (Å²) in [7, 11) is 6.59. The van der Waals surface area contributed by atoms with Gasteiger partial charge in [0.25, 0.3) is 5.91 Å². The molecule has 42 heavy (non-hydrogen) atoms. The Morgan fingerprint density at radius 2 is 1.76 bits per heavy atom. The van der Waals surface area contributed by atoms with Crippen LogP contribution in [0.1, 0.15) is 33.5 Å². The SMILES string of the molecule is COc1c(CN(C)Cc2ccccc2)cc(O)c2c1C[C@H]1C[C@H]3[C@H](N(C)C)C(O)=C(C(N)=O)C(=O)[C@@]3(O)C(O)=C1C2=O. The molecule has 222 valence electrons. The maximum absolute atomic E-state index is 13.9. The number of aliphatic hydroxyl groups excluding tert-OH is 2. The smallest absolute Gasteiger partial charge is 0.255 e. The molecule has 1 amide bonds. The van der Waals surface area contributed by atoms with Gasteiger partial charge in [-0.1, -0.05) is 30.3 Å². The summed E-state index contributed by atoms with van der Waals surface area (Å²) in [5.41, 5.74) is 3.80. The van der Waals surface area contributed by atoms with E-state index in [1.54, 1.807) is 14.1 Å². The molecule has 0 radical (unpaired) electrons. The minimum Gasteiger partial charge on any atom is -0.510 e. The maximum atomic E-state index is 13.9. The average molecular weight is 578 g/mol. The van der Waals surface area contributed by atoms with Crippen molar-refractivity contribution in [2.45, 2.75) is 37.6 Å². The number of amides is 1. The fraction of sp³-hybridized carbons (Fsp3) is 0.387. The number of hydrogen-bond donors (Lipinski definition) is 5. The van der Waals surface area contributed by atoms with E-state index in [0.717, 1.165) is 5.56 Å². The molecule has 3 aliphatic carbocycles. The molecule has 2 aromatic carbocycles. The zero-order chi connectivity index (χ0) is 30.7. The van der Waals surface area contributed by atoms with E-state index in [2.05, 4.69) is 0 Å². The van der Waals surface area contributed by atoms with E-state index in [0.29, 0.717) is 30.0 Å². The number of nitrogens with zero attached hydrogens (tertiary/aromatic N) is 2. The number of likely N-dealkylation sites (N-methyl/N-ethyl adjacent to an activating group) is 1. The number of Topliss-reactive ketones (excluding diaryl/α,β-unsaturated/α-hetero) is 2. The van der Waals surface area contributed by atoms with Gasteiger partial charge in [-0.25, -0.2) is 0 Å². The summed E-state index contributed by atoms with van der Waals surface area (Å²) in [5, 5.41) is 45.2. The summed E-state index contributed by atoms with van der Waals surface area (Å²) < 4.78 is 5.79. The van der Waals surface area contributed by atoms with E-state index in [4.69, 9.17) is 10.5 Å². The number of fused-ring (bicyclic) bond motifs is 3. The largest absolute Gasteiger partial charge is 0.510 e. The number of aliphatic hydroxyl groups is 3. The van der Waals surface area contributed by atoms with E-state index in [1.165, 1.54) is 18.1 Å². The van der Waals surface area contributed by atoms with Gasteiger partial charge in [0.2, 0.25) is 5.78 Å². The molecule has 0 bridgehead atoms. The van der Waals surface area contributed by atoms with E-state index >= 15 is 0 Å². The van der Waals surface area contributed by atoms with Gasteiger partial charge in [0.1, 0.15) is 28.6 Å². The van der Waals surface area contributed by atoms with Crippen LogP contribution in [0.4, 0.5) is 0 Å². The highest BCUT2D eigenvalue weighted by atomic mass is 16.5. The van der Waals surface area contributed by atoms with Crippen LogP contribution >= 0.6 is 0 Å². The number of hydrogen-bond acceptors (Lipinski definition) is 10. The lowest BCUT2D eigenvalue weighted by Crippen LogP contribution is -2.63. The third-order valence-corrected chi connectivity index (χ3v) is 8.69. The second-order valence-corrected chi connectivity index (χ2v) is 11.6. The molecule has 0 heterocycles. The lowest BCUT2D eigenvalue weighted by Gasteiger charge is -2.50. The molecule has 6 N–H and O–H groups in total. The average Bonchev–Trinajstić information content (AvgIpc) is 2.91. The van der Waals surface area contributed by atoms with Crippen molar-refractivity contribution >= 4 is 17.5 Å². The second-order valence-electron chi connectivity index (χ2n) is 11.6. The Labute approximate surface area is 243 Å². The zero-order valence-corrected chi connectivity index (χ0v) is 23.9. The number of methoxy groups -OCH3 is 1. The van der Waals surface area contributed by atoms with Crippen LogP contribution in [-0.4, -0.2) is 87.6 Å². The van der Waals surface area contributed by atoms with Crippen LogP contribution in [0.25, 0.3) is 0 Å². The molecule has 0 unspecified atom stereocenters. The third kappa shape index (κ3) is 4.36. The first-order valence-electron chi connectivity index (χ1n) is 13.6. The highest BCUT2D eigenvalue weighted by Crippen LogP contribution is 2.53. The van der Waals surface area contributed by atoms with Crippen molar-refractivity contribution in [1.29, 1.82) is 0 Å². The monoisotopic (exact) mass is 577 g/mol. The molecule has 0 saturated heterocycles. The molecule has 0 saturated carbocycles. The standard InChI is InChI=1S/C31H35N3O8/c1-33(2)24-19-11-16-10-18-22(25(36)21(16)28(38)31(19,41)29(39)23(26(24)37)30(32)40)20(35)12-17(27(18)42-4)14-34(3)13-15-8-6-5-7-9-15/h5-9,12,16,19,24,35,37-38,41H,10-11,13-14H2,1-4H3,(H2,32,40)/t16-,19-,24-,31-/m0/s1. The molecule has 11 nitrogen and oxygen atoms in total. The fourth-order valence-corrected chi connectivity index (χ4v) is 6.98. The van der Waals surface area contributed by atoms with Gasteiger partial charge < -0.3 is 30.9 Å². The summed E-state index contributed by atoms with van der Waals surface area (Å²) in [4.78, 5) is 43.0. The van der Waals surface area contributed by atoms with Crippen molar-refractivity contribution in [3.05, 3.63) is 81.3 Å². The Kier molecular flexibility index (Phi) is 7.38. The predicted molar refractivity (Wildman–Crippen MR) is 152 cm³/mol. The molecular formula is C31H35N3O8. The number of carbonyl (C=O) groups is 3. The van der Waals surface area contributed by atoms with E-state index < -0.39 is 58.0 Å². The molecule has 0 aliphatic heterocycles. The second kappa shape index (κ2) is 10.6. The summed E-state index contributed by atoms with van der Waals surface area (Å²) in [5.74, 6) is -6.44. The predicted octanol–water partition coefficient (Wildman–Crippen LogP) is 1.76. The number of primary amides is 1. The number of allylic oxidation sites excluding steroid dienone is 1. The molecule has 3 aliphatic rings. The molecule has 2 aromatic rings. The van der Waals surface area contributed by atoms with Crippen molar-refractivity contribution in [1.82, 2.24) is 9.80 Å². The van der Waals surface area contributed by atoms with Crippen LogP contribution in [-0.2, 0) is 29.1 Å². The Hall–Kier alpha value is -4.19. The number of phenolic OH excluding ortho intramolecular Hbond substituents is 1. The van der Waals surface area contributed by atoms with Gasteiger partial charge in [-0.3, -0.25) is 24.2 Å². The Morgan fingerprint density at radius 3 is 2.36 bits per heavy atom. The van der Waals surface area contributed by atoms with Gasteiger partial charge in [-0.05, 0) is 51.5 Å². The summed E-state index contributed by atoms with van der Waals surface area (Å²) in [6.07, 6.45) is 0.162. The van der Waals surface area contributed by atoms with Crippen molar-refractivity contribution in [2.75, 3.05) is 28.3 Å². The number of ether oxygens (including phenoxy) is 1. The summed E-state index contributed by atoms with van der Waals surface area (Å²) in [6, 6.07) is 10.3. The minimum atomic E-state index is -2.68. The lowest BCUT2D eigenvalue weighted by atomic mass is 9.58. The highest BCUT2D eigenvalue weighted by Gasteiger charge is 2.63. The van der Waals surface area contributed by atoms with Crippen LogP contribution in [0.5, 0.6) is 11.5 Å². The fourth-order valence-electron chi connectivity index (χ4n) is 6.98. The van der Waals surface area contributed by atoms with Crippen LogP contribution in [0.15, 0.2) is 59.1 Å². The molecule has 5 rings (SSSR count). The molecule has 0 fully saturated rings. The molecule has 0 spiro atoms. The van der Waals surface area contributed by atoms with Crippen LogP contribution in [0.2, 0.25) is 0 Å². The normalized spacial score (nSPS) is 25.5. The Morgan fingerprint density at radius 1 is 1.10 bits per heavy atom. The third-order valence-electron chi connectivity index (χ3n) is 8.69. The van der Waals surface area contributed by atoms with Gasteiger partial charge in [-0.15, -0.1) is 0 Å². The zero-order valence-electron chi connectivity index (χ0n) is 23.9. The maximum Gasteiger partial charge on any atom is 0.255 e. The first-order chi connectivity index (χ1) is 19.8. The van der Waals surface area contributed by atoms with E-state index in [-0.39, 0.29) is 29.7 Å². The molecule has 11 heteroatoms. The Bertz CT molecular complexity index is 1550. The number of nitrogens with two attached hydrogens (primary N) is 1. The molecular weight excluding hydrogens is 542 g/mol. The number of carbonyl (C=O) groups excluding carboxylic acids is 3. The quantitative estimate of drug-likeness (QED) is 0.305. The number of rotatable bonds is 7.